The molecule has 1 saturated heterocycles. The lowest BCUT2D eigenvalue weighted by atomic mass is 9.78. The average Bonchev–Trinajstić information content (AvgIpc) is 2.71. The van der Waals surface area contributed by atoms with Crippen LogP contribution in [0.4, 0.5) is 4.39 Å². The standard InChI is InChI=1S/C14H15BFNO2/c1-9-4-5-17-13-11(9)6-10(7-12(13)16)15-18-8-14(2,3)19-15/h4-7H,8H2,1-3H3. The van der Waals surface area contributed by atoms with Crippen molar-refractivity contribution in [3.63, 3.8) is 0 Å². The third kappa shape index (κ3) is 2.24. The maximum atomic E-state index is 14.1. The van der Waals surface area contributed by atoms with Crippen molar-refractivity contribution in [2.24, 2.45) is 0 Å². The molecule has 0 N–H and O–H groups in total. The van der Waals surface area contributed by atoms with Crippen LogP contribution in [0.3, 0.4) is 0 Å². The first-order chi connectivity index (χ1) is 8.96. The molecule has 1 aliphatic rings. The van der Waals surface area contributed by atoms with E-state index in [-0.39, 0.29) is 11.4 Å². The largest absolute Gasteiger partial charge is 0.494 e. The molecule has 0 radical (unpaired) electrons. The highest BCUT2D eigenvalue weighted by Crippen LogP contribution is 2.22. The highest BCUT2D eigenvalue weighted by atomic mass is 19.1. The van der Waals surface area contributed by atoms with Gasteiger partial charge in [-0.2, -0.15) is 0 Å². The van der Waals surface area contributed by atoms with E-state index in [0.717, 1.165) is 10.9 Å². The Morgan fingerprint density at radius 3 is 2.84 bits per heavy atom. The Morgan fingerprint density at radius 1 is 1.37 bits per heavy atom. The van der Waals surface area contributed by atoms with Gasteiger partial charge >= 0.3 is 7.12 Å². The fraction of sp³-hybridized carbons (Fsp3) is 0.357. The Labute approximate surface area is 111 Å². The quantitative estimate of drug-likeness (QED) is 0.736. The van der Waals surface area contributed by atoms with Gasteiger partial charge in [0.25, 0.3) is 0 Å². The molecular weight excluding hydrogens is 244 g/mol. The topological polar surface area (TPSA) is 31.4 Å². The summed E-state index contributed by atoms with van der Waals surface area (Å²) < 4.78 is 25.5. The second kappa shape index (κ2) is 4.29. The molecule has 0 aliphatic carbocycles. The van der Waals surface area contributed by atoms with Crippen molar-refractivity contribution in [3.05, 3.63) is 35.8 Å². The van der Waals surface area contributed by atoms with Gasteiger partial charge in [-0.15, -0.1) is 0 Å². The molecule has 3 nitrogen and oxygen atoms in total. The molecule has 0 spiro atoms. The number of fused-ring (bicyclic) bond motifs is 1. The molecular formula is C14H15BFNO2. The maximum absolute atomic E-state index is 14.1. The van der Waals surface area contributed by atoms with Crippen molar-refractivity contribution in [2.45, 2.75) is 26.4 Å². The first-order valence-electron chi connectivity index (χ1n) is 6.30. The third-order valence-electron chi connectivity index (χ3n) is 3.32. The second-order valence-electron chi connectivity index (χ2n) is 5.55. The van der Waals surface area contributed by atoms with Crippen LogP contribution in [0.25, 0.3) is 10.9 Å². The summed E-state index contributed by atoms with van der Waals surface area (Å²) in [4.78, 5) is 4.08. The van der Waals surface area contributed by atoms with Crippen molar-refractivity contribution in [3.8, 4) is 0 Å². The number of pyridine rings is 1. The molecule has 2 heterocycles. The van der Waals surface area contributed by atoms with Crippen LogP contribution in [0.2, 0.25) is 0 Å². The van der Waals surface area contributed by atoms with E-state index < -0.39 is 7.12 Å². The van der Waals surface area contributed by atoms with E-state index in [2.05, 4.69) is 4.98 Å². The Balaban J connectivity index is 2.09. The lowest BCUT2D eigenvalue weighted by Crippen LogP contribution is -2.34. The predicted octanol–water partition coefficient (Wildman–Crippen LogP) is 2.20. The van der Waals surface area contributed by atoms with Crippen LogP contribution >= 0.6 is 0 Å². The van der Waals surface area contributed by atoms with Gasteiger partial charge in [0, 0.05) is 11.6 Å². The second-order valence-corrected chi connectivity index (χ2v) is 5.55. The minimum Gasteiger partial charge on any atom is -0.404 e. The predicted molar refractivity (Wildman–Crippen MR) is 72.9 cm³/mol. The monoisotopic (exact) mass is 259 g/mol. The number of aryl methyl sites for hydroxylation is 1. The maximum Gasteiger partial charge on any atom is 0.494 e. The van der Waals surface area contributed by atoms with Gasteiger partial charge in [0.05, 0.1) is 12.2 Å². The first kappa shape index (κ1) is 12.6. The molecule has 0 amide bonds. The number of nitrogens with zero attached hydrogens (tertiary/aromatic N) is 1. The molecule has 2 aromatic rings. The Kier molecular flexibility index (Phi) is 2.84. The Hall–Kier alpha value is -1.46. The molecule has 1 fully saturated rings. The molecule has 1 aliphatic heterocycles. The van der Waals surface area contributed by atoms with Crippen molar-refractivity contribution in [1.29, 1.82) is 0 Å². The molecule has 1 aromatic carbocycles. The van der Waals surface area contributed by atoms with Crippen molar-refractivity contribution in [1.82, 2.24) is 4.98 Å². The third-order valence-corrected chi connectivity index (χ3v) is 3.32. The summed E-state index contributed by atoms with van der Waals surface area (Å²) in [5, 5.41) is 0.800. The molecule has 0 atom stereocenters. The van der Waals surface area contributed by atoms with Crippen molar-refractivity contribution >= 4 is 23.5 Å². The first-order valence-corrected chi connectivity index (χ1v) is 6.30. The fourth-order valence-corrected chi connectivity index (χ4v) is 2.30. The summed E-state index contributed by atoms with van der Waals surface area (Å²) in [5.74, 6) is -0.340. The van der Waals surface area contributed by atoms with E-state index in [1.54, 1.807) is 6.20 Å². The summed E-state index contributed by atoms with van der Waals surface area (Å²) in [6, 6.07) is 5.21. The van der Waals surface area contributed by atoms with Gasteiger partial charge in [-0.05, 0) is 43.9 Å². The summed E-state index contributed by atoms with van der Waals surface area (Å²) in [6.45, 7) is 6.35. The number of hydrogen-bond donors (Lipinski definition) is 0. The number of halogens is 1. The zero-order valence-electron chi connectivity index (χ0n) is 11.2. The molecule has 0 unspecified atom stereocenters. The summed E-state index contributed by atoms with van der Waals surface area (Å²) in [7, 11) is -0.506. The van der Waals surface area contributed by atoms with Crippen LogP contribution in [-0.4, -0.2) is 24.3 Å². The summed E-state index contributed by atoms with van der Waals surface area (Å²) in [5.41, 5.74) is 1.75. The van der Waals surface area contributed by atoms with E-state index in [1.807, 2.05) is 32.9 Å². The molecule has 5 heteroatoms. The number of benzene rings is 1. The highest BCUT2D eigenvalue weighted by Gasteiger charge is 2.38. The fourth-order valence-electron chi connectivity index (χ4n) is 2.30. The average molecular weight is 259 g/mol. The van der Waals surface area contributed by atoms with Crippen LogP contribution in [0.5, 0.6) is 0 Å². The number of hydrogen-bond acceptors (Lipinski definition) is 3. The minimum absolute atomic E-state index is 0.333. The highest BCUT2D eigenvalue weighted by molar-refractivity contribution is 6.62. The summed E-state index contributed by atoms with van der Waals surface area (Å²) in [6.07, 6.45) is 1.62. The van der Waals surface area contributed by atoms with E-state index in [9.17, 15) is 4.39 Å². The van der Waals surface area contributed by atoms with Crippen molar-refractivity contribution in [2.75, 3.05) is 6.61 Å². The van der Waals surface area contributed by atoms with Crippen molar-refractivity contribution < 1.29 is 13.7 Å². The minimum atomic E-state index is -0.506. The van der Waals surface area contributed by atoms with Gasteiger partial charge in [0.1, 0.15) is 11.3 Å². The lowest BCUT2D eigenvalue weighted by Gasteiger charge is -2.15. The molecule has 19 heavy (non-hydrogen) atoms. The normalized spacial score (nSPS) is 18.2. The van der Waals surface area contributed by atoms with Gasteiger partial charge in [-0.1, -0.05) is 6.07 Å². The lowest BCUT2D eigenvalue weighted by molar-refractivity contribution is 0.137. The smallest absolute Gasteiger partial charge is 0.404 e. The van der Waals surface area contributed by atoms with Crippen LogP contribution in [-0.2, 0) is 9.31 Å². The van der Waals surface area contributed by atoms with E-state index in [0.29, 0.717) is 17.6 Å². The van der Waals surface area contributed by atoms with Gasteiger partial charge in [-0.25, -0.2) is 4.39 Å². The molecule has 1 aromatic heterocycles. The van der Waals surface area contributed by atoms with Gasteiger partial charge < -0.3 is 9.31 Å². The van der Waals surface area contributed by atoms with Gasteiger partial charge in [0.2, 0.25) is 0 Å². The van der Waals surface area contributed by atoms with E-state index >= 15 is 0 Å². The van der Waals surface area contributed by atoms with E-state index in [4.69, 9.17) is 9.31 Å². The van der Waals surface area contributed by atoms with Gasteiger partial charge in [-0.3, -0.25) is 4.98 Å². The summed E-state index contributed by atoms with van der Waals surface area (Å²) >= 11 is 0. The van der Waals surface area contributed by atoms with Crippen LogP contribution in [0.15, 0.2) is 24.4 Å². The Morgan fingerprint density at radius 2 is 2.16 bits per heavy atom. The van der Waals surface area contributed by atoms with Crippen LogP contribution < -0.4 is 5.46 Å². The number of aromatic nitrogens is 1. The SMILES string of the molecule is Cc1ccnc2c(F)cc(B3OCC(C)(C)O3)cc12. The molecule has 3 rings (SSSR count). The Bertz CT molecular complexity index is 645. The zero-order valence-corrected chi connectivity index (χ0v) is 11.2. The molecule has 0 bridgehead atoms. The zero-order chi connectivity index (χ0) is 13.6. The number of rotatable bonds is 1. The van der Waals surface area contributed by atoms with Crippen LogP contribution in [0, 0.1) is 12.7 Å². The van der Waals surface area contributed by atoms with Crippen LogP contribution in [0.1, 0.15) is 19.4 Å². The molecule has 98 valence electrons. The van der Waals surface area contributed by atoms with E-state index in [1.165, 1.54) is 6.07 Å². The molecule has 0 saturated carbocycles. The van der Waals surface area contributed by atoms with Gasteiger partial charge in [0.15, 0.2) is 0 Å².